The molecule has 110 valence electrons. The molecule has 21 heavy (non-hydrogen) atoms. The molecule has 0 unspecified atom stereocenters. The topological polar surface area (TPSA) is 59.4 Å². The summed E-state index contributed by atoms with van der Waals surface area (Å²) in [5, 5.41) is 8.70. The number of pyridine rings is 1. The molecular formula is C16H16FNO3. The Hall–Kier alpha value is -2.43. The molecule has 0 aliphatic rings. The van der Waals surface area contributed by atoms with E-state index in [2.05, 4.69) is 4.98 Å². The smallest absolute Gasteiger partial charge is 0.307 e. The molecule has 0 aliphatic carbocycles. The van der Waals surface area contributed by atoms with Gasteiger partial charge in [-0.3, -0.25) is 9.78 Å². The number of rotatable bonds is 6. The second-order valence-corrected chi connectivity index (χ2v) is 4.63. The van der Waals surface area contributed by atoms with Crippen LogP contribution in [-0.4, -0.2) is 22.7 Å². The minimum atomic E-state index is -1.06. The molecule has 0 spiro atoms. The average molecular weight is 289 g/mol. The summed E-state index contributed by atoms with van der Waals surface area (Å²) in [6.45, 7) is 2.60. The van der Waals surface area contributed by atoms with Gasteiger partial charge in [-0.2, -0.15) is 0 Å². The summed E-state index contributed by atoms with van der Waals surface area (Å²) in [4.78, 5) is 14.7. The van der Waals surface area contributed by atoms with Crippen LogP contribution < -0.4 is 4.74 Å². The molecule has 0 fully saturated rings. The molecule has 2 aromatic rings. The molecule has 1 aromatic heterocycles. The van der Waals surface area contributed by atoms with Crippen LogP contribution in [0.1, 0.15) is 18.9 Å². The first-order valence-electron chi connectivity index (χ1n) is 6.68. The number of ether oxygens (including phenoxy) is 1. The van der Waals surface area contributed by atoms with E-state index in [-0.39, 0.29) is 12.0 Å². The normalized spacial score (nSPS) is 10.4. The van der Waals surface area contributed by atoms with Crippen LogP contribution >= 0.6 is 0 Å². The Balaban J connectivity index is 2.25. The predicted octanol–water partition coefficient (Wildman–Crippen LogP) is 3.30. The monoisotopic (exact) mass is 289 g/mol. The molecule has 1 aromatic carbocycles. The Morgan fingerprint density at radius 2 is 2.10 bits per heavy atom. The number of nitrogens with zero attached hydrogens (tertiary/aromatic N) is 1. The van der Waals surface area contributed by atoms with E-state index in [1.165, 1.54) is 12.1 Å². The van der Waals surface area contributed by atoms with Crippen LogP contribution in [0.3, 0.4) is 0 Å². The number of benzene rings is 1. The lowest BCUT2D eigenvalue weighted by Gasteiger charge is -2.08. The molecule has 0 bridgehead atoms. The highest BCUT2D eigenvalue weighted by Crippen LogP contribution is 2.24. The van der Waals surface area contributed by atoms with Gasteiger partial charge < -0.3 is 9.84 Å². The van der Waals surface area contributed by atoms with Gasteiger partial charge in [-0.25, -0.2) is 4.39 Å². The first kappa shape index (κ1) is 15.0. The molecule has 5 heteroatoms. The van der Waals surface area contributed by atoms with Crippen molar-refractivity contribution in [1.82, 2.24) is 4.98 Å². The fraction of sp³-hybridized carbons (Fsp3) is 0.250. The standard InChI is InChI=1S/C16H16FNO3/c1-2-5-21-14-6-13(9-18-10-14)11-3-4-12(8-16(19)20)15(17)7-11/h3-4,6-7,9-10H,2,5,8H2,1H3,(H,19,20). The van der Waals surface area contributed by atoms with Gasteiger partial charge >= 0.3 is 5.97 Å². The van der Waals surface area contributed by atoms with Crippen molar-refractivity contribution >= 4 is 5.97 Å². The maximum Gasteiger partial charge on any atom is 0.307 e. The maximum absolute atomic E-state index is 13.9. The molecule has 0 radical (unpaired) electrons. The van der Waals surface area contributed by atoms with Crippen LogP contribution in [-0.2, 0) is 11.2 Å². The Morgan fingerprint density at radius 1 is 1.29 bits per heavy atom. The third-order valence-electron chi connectivity index (χ3n) is 2.91. The predicted molar refractivity (Wildman–Crippen MR) is 76.8 cm³/mol. The van der Waals surface area contributed by atoms with Gasteiger partial charge in [0.25, 0.3) is 0 Å². The van der Waals surface area contributed by atoms with Gasteiger partial charge in [0.2, 0.25) is 0 Å². The van der Waals surface area contributed by atoms with E-state index in [1.807, 2.05) is 6.92 Å². The molecule has 0 saturated carbocycles. The van der Waals surface area contributed by atoms with Gasteiger partial charge in [0.15, 0.2) is 0 Å². The molecular weight excluding hydrogens is 273 g/mol. The number of carboxylic acids is 1. The Labute approximate surface area is 122 Å². The summed E-state index contributed by atoms with van der Waals surface area (Å²) in [6, 6.07) is 6.27. The van der Waals surface area contributed by atoms with Gasteiger partial charge in [-0.05, 0) is 29.7 Å². The van der Waals surface area contributed by atoms with Crippen LogP contribution in [0, 0.1) is 5.82 Å². The Morgan fingerprint density at radius 3 is 2.76 bits per heavy atom. The van der Waals surface area contributed by atoms with Crippen molar-refractivity contribution in [1.29, 1.82) is 0 Å². The lowest BCUT2D eigenvalue weighted by molar-refractivity contribution is -0.136. The number of carboxylic acid groups (broad SMARTS) is 1. The summed E-state index contributed by atoms with van der Waals surface area (Å²) in [5.41, 5.74) is 1.53. The van der Waals surface area contributed by atoms with Crippen LogP contribution in [0.25, 0.3) is 11.1 Å². The fourth-order valence-corrected chi connectivity index (χ4v) is 1.91. The lowest BCUT2D eigenvalue weighted by Crippen LogP contribution is -2.02. The number of hydrogen-bond acceptors (Lipinski definition) is 3. The lowest BCUT2D eigenvalue weighted by atomic mass is 10.0. The quantitative estimate of drug-likeness (QED) is 0.886. The number of halogens is 1. The van der Waals surface area contributed by atoms with Crippen LogP contribution in [0.15, 0.2) is 36.7 Å². The van der Waals surface area contributed by atoms with E-state index >= 15 is 0 Å². The van der Waals surface area contributed by atoms with E-state index in [0.717, 1.165) is 12.0 Å². The van der Waals surface area contributed by atoms with Crippen molar-refractivity contribution in [3.63, 3.8) is 0 Å². The molecule has 4 nitrogen and oxygen atoms in total. The SMILES string of the molecule is CCCOc1cncc(-c2ccc(CC(=O)O)c(F)c2)c1. The van der Waals surface area contributed by atoms with Gasteiger partial charge in [0.1, 0.15) is 11.6 Å². The number of aromatic nitrogens is 1. The summed E-state index contributed by atoms with van der Waals surface area (Å²) in [5.74, 6) is -0.961. The van der Waals surface area contributed by atoms with Gasteiger partial charge in [0.05, 0.1) is 19.2 Å². The van der Waals surface area contributed by atoms with E-state index in [9.17, 15) is 9.18 Å². The zero-order valence-corrected chi connectivity index (χ0v) is 11.7. The summed E-state index contributed by atoms with van der Waals surface area (Å²) < 4.78 is 19.4. The number of carbonyl (C=O) groups is 1. The van der Waals surface area contributed by atoms with E-state index in [0.29, 0.717) is 17.9 Å². The minimum Gasteiger partial charge on any atom is -0.492 e. The van der Waals surface area contributed by atoms with Gasteiger partial charge in [-0.1, -0.05) is 19.1 Å². The van der Waals surface area contributed by atoms with Gasteiger partial charge in [-0.15, -0.1) is 0 Å². The molecule has 0 amide bonds. The van der Waals surface area contributed by atoms with Crippen molar-refractivity contribution in [3.8, 4) is 16.9 Å². The third-order valence-corrected chi connectivity index (χ3v) is 2.91. The summed E-state index contributed by atoms with van der Waals surface area (Å²) in [7, 11) is 0. The third kappa shape index (κ3) is 4.02. The van der Waals surface area contributed by atoms with Crippen LogP contribution in [0.5, 0.6) is 5.75 Å². The second-order valence-electron chi connectivity index (χ2n) is 4.63. The highest BCUT2D eigenvalue weighted by molar-refractivity contribution is 5.71. The van der Waals surface area contributed by atoms with Crippen molar-refractivity contribution in [2.24, 2.45) is 0 Å². The van der Waals surface area contributed by atoms with Crippen LogP contribution in [0.2, 0.25) is 0 Å². The zero-order valence-electron chi connectivity index (χ0n) is 11.7. The summed E-state index contributed by atoms with van der Waals surface area (Å²) in [6.07, 6.45) is 3.78. The zero-order chi connectivity index (χ0) is 15.2. The molecule has 0 atom stereocenters. The van der Waals surface area contributed by atoms with E-state index in [1.54, 1.807) is 24.5 Å². The maximum atomic E-state index is 13.9. The molecule has 2 rings (SSSR count). The van der Waals surface area contributed by atoms with E-state index < -0.39 is 11.8 Å². The second kappa shape index (κ2) is 6.83. The highest BCUT2D eigenvalue weighted by Gasteiger charge is 2.09. The highest BCUT2D eigenvalue weighted by atomic mass is 19.1. The number of aliphatic carboxylic acids is 1. The van der Waals surface area contributed by atoms with Gasteiger partial charge in [0, 0.05) is 11.8 Å². The minimum absolute atomic E-state index is 0.164. The first-order chi connectivity index (χ1) is 10.1. The van der Waals surface area contributed by atoms with E-state index in [4.69, 9.17) is 9.84 Å². The van der Waals surface area contributed by atoms with Crippen molar-refractivity contribution < 1.29 is 19.0 Å². The molecule has 0 saturated heterocycles. The molecule has 0 aliphatic heterocycles. The van der Waals surface area contributed by atoms with Crippen molar-refractivity contribution in [2.75, 3.05) is 6.61 Å². The molecule has 1 heterocycles. The summed E-state index contributed by atoms with van der Waals surface area (Å²) >= 11 is 0. The largest absolute Gasteiger partial charge is 0.492 e. The van der Waals surface area contributed by atoms with Crippen molar-refractivity contribution in [2.45, 2.75) is 19.8 Å². The molecule has 1 N–H and O–H groups in total. The average Bonchev–Trinajstić information content (AvgIpc) is 2.47. The number of hydrogen-bond donors (Lipinski definition) is 1. The Bertz CT molecular complexity index is 643. The van der Waals surface area contributed by atoms with Crippen LogP contribution in [0.4, 0.5) is 4.39 Å². The Kier molecular flexibility index (Phi) is 4.87. The first-order valence-corrected chi connectivity index (χ1v) is 6.68. The fourth-order valence-electron chi connectivity index (χ4n) is 1.91. The van der Waals surface area contributed by atoms with Crippen molar-refractivity contribution in [3.05, 3.63) is 48.0 Å².